The maximum absolute atomic E-state index is 14.2. The maximum atomic E-state index is 14.2. The van der Waals surface area contributed by atoms with E-state index in [9.17, 15) is 31.2 Å². The second kappa shape index (κ2) is 11.6. The van der Waals surface area contributed by atoms with Gasteiger partial charge in [-0.05, 0) is 45.0 Å². The van der Waals surface area contributed by atoms with Gasteiger partial charge in [0, 0.05) is 0 Å². The first kappa shape index (κ1) is 29.3. The molecule has 3 atom stereocenters. The Bertz CT molecular complexity index is 1360. The largest absolute Gasteiger partial charge is 0.465 e. The van der Waals surface area contributed by atoms with Gasteiger partial charge < -0.3 is 14.2 Å². The summed E-state index contributed by atoms with van der Waals surface area (Å²) >= 11 is 0. The molecule has 1 fully saturated rings. The van der Waals surface area contributed by atoms with Gasteiger partial charge in [0.1, 0.15) is 16.5 Å². The molecule has 1 saturated heterocycles. The topological polar surface area (TPSA) is 159 Å². The normalized spacial score (nSPS) is 20.9. The van der Waals surface area contributed by atoms with Crippen molar-refractivity contribution in [2.24, 2.45) is 0 Å². The van der Waals surface area contributed by atoms with E-state index in [0.29, 0.717) is 0 Å². The molecule has 11 nitrogen and oxygen atoms in total. The van der Waals surface area contributed by atoms with Gasteiger partial charge in [-0.2, -0.15) is 0 Å². The number of esters is 3. The summed E-state index contributed by atoms with van der Waals surface area (Å²) in [5.74, 6) is -3.97. The lowest BCUT2D eigenvalue weighted by molar-refractivity contribution is -0.165. The molecule has 0 bridgehead atoms. The van der Waals surface area contributed by atoms with E-state index in [2.05, 4.69) is 5.32 Å². The van der Waals surface area contributed by atoms with Crippen molar-refractivity contribution in [1.82, 2.24) is 5.32 Å². The highest BCUT2D eigenvalue weighted by atomic mass is 32.2. The van der Waals surface area contributed by atoms with Crippen LogP contribution in [0.4, 0.5) is 0 Å². The minimum absolute atomic E-state index is 0.183. The molecule has 206 valence electrons. The van der Waals surface area contributed by atoms with Crippen molar-refractivity contribution in [3.05, 3.63) is 60.7 Å². The molecule has 3 rings (SSSR count). The lowest BCUT2D eigenvalue weighted by Crippen LogP contribution is -2.65. The fourth-order valence-corrected chi connectivity index (χ4v) is 9.32. The summed E-state index contributed by atoms with van der Waals surface area (Å²) in [5, 5.41) is -2.12. The lowest BCUT2D eigenvalue weighted by Gasteiger charge is -2.31. The highest BCUT2D eigenvalue weighted by Crippen LogP contribution is 2.41. The van der Waals surface area contributed by atoms with Crippen LogP contribution in [0.1, 0.15) is 20.8 Å². The monoisotopic (exact) mass is 567 g/mol. The summed E-state index contributed by atoms with van der Waals surface area (Å²) in [6.45, 7) is 3.58. The van der Waals surface area contributed by atoms with Crippen LogP contribution in [-0.2, 0) is 48.3 Å². The third-order valence-electron chi connectivity index (χ3n) is 6.01. The molecule has 2 aromatic rings. The molecule has 1 N–H and O–H groups in total. The summed E-state index contributed by atoms with van der Waals surface area (Å²) < 4.78 is 71.8. The van der Waals surface area contributed by atoms with E-state index in [1.807, 2.05) is 0 Å². The molecule has 0 spiro atoms. The van der Waals surface area contributed by atoms with Crippen molar-refractivity contribution >= 4 is 37.6 Å². The number of carbonyl (C=O) groups excluding carboxylic acids is 3. The maximum Gasteiger partial charge on any atom is 0.339 e. The molecule has 0 aromatic heterocycles. The minimum Gasteiger partial charge on any atom is -0.465 e. The van der Waals surface area contributed by atoms with Crippen LogP contribution < -0.4 is 5.32 Å². The third kappa shape index (κ3) is 5.05. The van der Waals surface area contributed by atoms with E-state index < -0.39 is 59.7 Å². The van der Waals surface area contributed by atoms with Gasteiger partial charge in [0.05, 0.1) is 29.6 Å². The molecule has 2 aromatic carbocycles. The highest BCUT2D eigenvalue weighted by Gasteiger charge is 2.73. The van der Waals surface area contributed by atoms with E-state index >= 15 is 0 Å². The average molecular weight is 568 g/mol. The fourth-order valence-electron chi connectivity index (χ4n) is 4.45. The molecule has 0 aliphatic carbocycles. The average Bonchev–Trinajstić information content (AvgIpc) is 3.30. The first-order valence-electron chi connectivity index (χ1n) is 11.9. The van der Waals surface area contributed by atoms with E-state index in [-0.39, 0.29) is 29.6 Å². The van der Waals surface area contributed by atoms with E-state index in [1.165, 1.54) is 75.4 Å². The van der Waals surface area contributed by atoms with Gasteiger partial charge in [0.2, 0.25) is 5.54 Å². The molecule has 1 aliphatic heterocycles. The quantitative estimate of drug-likeness (QED) is 0.249. The first-order valence-corrected chi connectivity index (χ1v) is 15.0. The van der Waals surface area contributed by atoms with E-state index in [0.717, 1.165) is 0 Å². The molecule has 0 unspecified atom stereocenters. The fraction of sp³-hybridized carbons (Fsp3) is 0.400. The standard InChI is InChI=1S/C25H29NO10S2/c1-4-34-22(27)19-20(37(30,31)17-13-9-7-10-14-17)21(38(32,33)18-15-11-8-12-16-18)25(26-19,23(28)35-5-2)24(29)36-6-3/h7-16,19-21,26H,4-6H2,1-3H3/t19-,20-,21+/m1/s1. The van der Waals surface area contributed by atoms with Crippen LogP contribution in [0.15, 0.2) is 70.5 Å². The summed E-state index contributed by atoms with van der Waals surface area (Å²) in [6, 6.07) is 11.6. The van der Waals surface area contributed by atoms with Crippen molar-refractivity contribution in [1.29, 1.82) is 0 Å². The molecule has 0 radical (unpaired) electrons. The molecule has 1 heterocycles. The molecule has 38 heavy (non-hydrogen) atoms. The van der Waals surface area contributed by atoms with Crippen LogP contribution in [0.2, 0.25) is 0 Å². The molecule has 0 saturated carbocycles. The van der Waals surface area contributed by atoms with Crippen molar-refractivity contribution < 1.29 is 45.4 Å². The van der Waals surface area contributed by atoms with Crippen LogP contribution >= 0.6 is 0 Å². The van der Waals surface area contributed by atoms with Gasteiger partial charge in [-0.15, -0.1) is 0 Å². The Balaban J connectivity index is 2.46. The van der Waals surface area contributed by atoms with Crippen LogP contribution in [0.5, 0.6) is 0 Å². The van der Waals surface area contributed by atoms with Crippen LogP contribution in [0.25, 0.3) is 0 Å². The van der Waals surface area contributed by atoms with Crippen molar-refractivity contribution in [3.63, 3.8) is 0 Å². The number of sulfone groups is 2. The van der Waals surface area contributed by atoms with Gasteiger partial charge in [-0.25, -0.2) is 26.4 Å². The number of benzene rings is 2. The predicted octanol–water partition coefficient (Wildman–Crippen LogP) is 1.07. The first-order chi connectivity index (χ1) is 18.0. The smallest absolute Gasteiger partial charge is 0.339 e. The summed E-state index contributed by atoms with van der Waals surface area (Å²) in [5.41, 5.74) is -2.91. The predicted molar refractivity (Wildman–Crippen MR) is 134 cm³/mol. The highest BCUT2D eigenvalue weighted by molar-refractivity contribution is 7.96. The number of ether oxygens (including phenoxy) is 3. The molecule has 13 heteroatoms. The van der Waals surface area contributed by atoms with Gasteiger partial charge in [-0.1, -0.05) is 36.4 Å². The Labute approximate surface area is 221 Å². The van der Waals surface area contributed by atoms with Gasteiger partial charge in [0.15, 0.2) is 19.7 Å². The summed E-state index contributed by atoms with van der Waals surface area (Å²) in [4.78, 5) is 39.5. The molecular weight excluding hydrogens is 538 g/mol. The third-order valence-corrected chi connectivity index (χ3v) is 10.6. The van der Waals surface area contributed by atoms with Crippen LogP contribution in [-0.4, -0.2) is 76.6 Å². The lowest BCUT2D eigenvalue weighted by atomic mass is 9.96. The Hall–Kier alpha value is -3.29. The Morgan fingerprint density at radius 3 is 1.55 bits per heavy atom. The minimum atomic E-state index is -4.85. The Morgan fingerprint density at radius 2 is 1.13 bits per heavy atom. The Kier molecular flexibility index (Phi) is 8.95. The second-order valence-corrected chi connectivity index (χ2v) is 12.4. The number of nitrogens with one attached hydrogen (secondary N) is 1. The van der Waals surface area contributed by atoms with Gasteiger partial charge in [-0.3, -0.25) is 10.1 Å². The zero-order valence-corrected chi connectivity index (χ0v) is 22.7. The van der Waals surface area contributed by atoms with Crippen LogP contribution in [0, 0.1) is 0 Å². The van der Waals surface area contributed by atoms with Crippen molar-refractivity contribution in [3.8, 4) is 0 Å². The van der Waals surface area contributed by atoms with E-state index in [4.69, 9.17) is 14.2 Å². The molecule has 1 aliphatic rings. The Morgan fingerprint density at radius 1 is 0.711 bits per heavy atom. The number of rotatable bonds is 10. The zero-order valence-electron chi connectivity index (χ0n) is 21.0. The van der Waals surface area contributed by atoms with Gasteiger partial charge in [0.25, 0.3) is 0 Å². The molecule has 0 amide bonds. The summed E-state index contributed by atoms with van der Waals surface area (Å²) in [7, 11) is -9.56. The van der Waals surface area contributed by atoms with Crippen LogP contribution in [0.3, 0.4) is 0 Å². The van der Waals surface area contributed by atoms with Crippen molar-refractivity contribution in [2.75, 3.05) is 19.8 Å². The zero-order chi connectivity index (χ0) is 28.1. The van der Waals surface area contributed by atoms with E-state index in [1.54, 1.807) is 6.07 Å². The number of hydrogen-bond acceptors (Lipinski definition) is 11. The van der Waals surface area contributed by atoms with Crippen molar-refractivity contribution in [2.45, 2.75) is 52.6 Å². The van der Waals surface area contributed by atoms with Gasteiger partial charge >= 0.3 is 17.9 Å². The number of carbonyl (C=O) groups is 3. The SMILES string of the molecule is CCOC(=O)[C@@H]1NC(C(=O)OCC)(C(=O)OCC)[C@@H](S(=O)(=O)c2ccccc2)[C@@H]1S(=O)(=O)c1ccccc1. The second-order valence-electron chi connectivity index (χ2n) is 8.22. The molecular formula is C25H29NO10S2. The summed E-state index contributed by atoms with van der Waals surface area (Å²) in [6.07, 6.45) is 0. The number of hydrogen-bond donors (Lipinski definition) is 1.